The highest BCUT2D eigenvalue weighted by Gasteiger charge is 2.12. The largest absolute Gasteiger partial charge is 0.271 e. The van der Waals surface area contributed by atoms with Gasteiger partial charge in [0.15, 0.2) is 0 Å². The van der Waals surface area contributed by atoms with Crippen LogP contribution in [0.5, 0.6) is 0 Å². The maximum absolute atomic E-state index is 12.1. The van der Waals surface area contributed by atoms with E-state index in [-0.39, 0.29) is 5.91 Å². The van der Waals surface area contributed by atoms with Crippen molar-refractivity contribution in [2.24, 2.45) is 0 Å². The maximum Gasteiger partial charge on any atom is 0.271 e. The molecule has 0 unspecified atom stereocenters. The summed E-state index contributed by atoms with van der Waals surface area (Å²) in [5, 5.41) is 5.11. The van der Waals surface area contributed by atoms with E-state index in [1.54, 1.807) is 24.3 Å². The number of aromatic nitrogens is 2. The molecule has 0 saturated carbocycles. The van der Waals surface area contributed by atoms with Crippen LogP contribution in [0.4, 0.5) is 0 Å². The van der Waals surface area contributed by atoms with Crippen molar-refractivity contribution < 1.29 is 4.79 Å². The number of nitrogens with zero attached hydrogens (tertiary/aromatic N) is 2. The third-order valence-electron chi connectivity index (χ3n) is 2.77. The standard InChI is InChI=1S/C14H11BrCl2N2O/c1-8-14(15)9(2)19(18-8)13(20)6-4-10-3-5-11(16)12(17)7-10/h3-7H,1-2H3/b6-4-. The van der Waals surface area contributed by atoms with Crippen molar-refractivity contribution in [3.05, 3.63) is 55.7 Å². The van der Waals surface area contributed by atoms with E-state index in [0.717, 1.165) is 21.4 Å². The zero-order chi connectivity index (χ0) is 14.9. The molecule has 3 nitrogen and oxygen atoms in total. The summed E-state index contributed by atoms with van der Waals surface area (Å²) in [6.07, 6.45) is 3.13. The summed E-state index contributed by atoms with van der Waals surface area (Å²) >= 11 is 15.1. The number of aryl methyl sites for hydroxylation is 1. The summed E-state index contributed by atoms with van der Waals surface area (Å²) in [7, 11) is 0. The molecule has 0 spiro atoms. The van der Waals surface area contributed by atoms with Crippen LogP contribution in [0.25, 0.3) is 6.08 Å². The number of hydrogen-bond acceptors (Lipinski definition) is 2. The highest BCUT2D eigenvalue weighted by atomic mass is 79.9. The third-order valence-corrected chi connectivity index (χ3v) is 4.66. The Morgan fingerprint density at radius 1 is 1.30 bits per heavy atom. The molecule has 1 aromatic heterocycles. The van der Waals surface area contributed by atoms with Crippen LogP contribution < -0.4 is 0 Å². The number of halogens is 3. The molecule has 0 N–H and O–H groups in total. The molecular weight excluding hydrogens is 363 g/mol. The van der Waals surface area contributed by atoms with Crippen molar-refractivity contribution in [3.63, 3.8) is 0 Å². The molecule has 0 radical (unpaired) electrons. The fraction of sp³-hybridized carbons (Fsp3) is 0.143. The lowest BCUT2D eigenvalue weighted by atomic mass is 10.2. The Hall–Kier alpha value is -1.10. The van der Waals surface area contributed by atoms with Crippen LogP contribution in [0.1, 0.15) is 21.7 Å². The number of carbonyl (C=O) groups is 1. The van der Waals surface area contributed by atoms with E-state index >= 15 is 0 Å². The van der Waals surface area contributed by atoms with Crippen molar-refractivity contribution >= 4 is 51.1 Å². The van der Waals surface area contributed by atoms with E-state index in [1.165, 1.54) is 10.8 Å². The Bertz CT molecular complexity index is 707. The van der Waals surface area contributed by atoms with Gasteiger partial charge in [0.2, 0.25) is 0 Å². The topological polar surface area (TPSA) is 34.9 Å². The van der Waals surface area contributed by atoms with Crippen molar-refractivity contribution in [2.75, 3.05) is 0 Å². The van der Waals surface area contributed by atoms with Crippen LogP contribution in [0, 0.1) is 13.8 Å². The lowest BCUT2D eigenvalue weighted by Crippen LogP contribution is -2.11. The molecule has 0 saturated heterocycles. The molecule has 0 aliphatic heterocycles. The quantitative estimate of drug-likeness (QED) is 0.700. The van der Waals surface area contributed by atoms with Crippen LogP contribution in [-0.2, 0) is 0 Å². The van der Waals surface area contributed by atoms with Gasteiger partial charge in [0.1, 0.15) is 0 Å². The van der Waals surface area contributed by atoms with Crippen LogP contribution in [0.3, 0.4) is 0 Å². The molecule has 0 aliphatic carbocycles. The van der Waals surface area contributed by atoms with Gasteiger partial charge in [0.05, 0.1) is 25.9 Å². The second kappa shape index (κ2) is 6.12. The molecule has 0 fully saturated rings. The Morgan fingerprint density at radius 3 is 2.55 bits per heavy atom. The van der Waals surface area contributed by atoms with Gasteiger partial charge in [0.25, 0.3) is 5.91 Å². The lowest BCUT2D eigenvalue weighted by Gasteiger charge is -1.99. The first-order valence-corrected chi connectivity index (χ1v) is 7.34. The Balaban J connectivity index is 2.24. The highest BCUT2D eigenvalue weighted by Crippen LogP contribution is 2.23. The summed E-state index contributed by atoms with van der Waals surface area (Å²) in [5.41, 5.74) is 2.35. The average molecular weight is 374 g/mol. The number of hydrogen-bond donors (Lipinski definition) is 0. The monoisotopic (exact) mass is 372 g/mol. The van der Waals surface area contributed by atoms with Crippen LogP contribution in [0.15, 0.2) is 28.7 Å². The lowest BCUT2D eigenvalue weighted by molar-refractivity contribution is 0.0952. The minimum absolute atomic E-state index is 0.220. The summed E-state index contributed by atoms with van der Waals surface area (Å²) in [6.45, 7) is 3.67. The van der Waals surface area contributed by atoms with Crippen molar-refractivity contribution in [1.29, 1.82) is 0 Å². The third kappa shape index (κ3) is 3.14. The van der Waals surface area contributed by atoms with Gasteiger partial charge >= 0.3 is 0 Å². The van der Waals surface area contributed by atoms with Crippen molar-refractivity contribution in [3.8, 4) is 0 Å². The Kier molecular flexibility index (Phi) is 4.68. The molecule has 1 heterocycles. The molecule has 2 rings (SSSR count). The predicted octanol–water partition coefficient (Wildman–Crippen LogP) is 4.92. The fourth-order valence-corrected chi connectivity index (χ4v) is 2.25. The van der Waals surface area contributed by atoms with E-state index in [4.69, 9.17) is 23.2 Å². The van der Waals surface area contributed by atoms with Gasteiger partial charge in [-0.05, 0) is 53.5 Å². The van der Waals surface area contributed by atoms with Crippen LogP contribution in [0.2, 0.25) is 10.0 Å². The first-order valence-electron chi connectivity index (χ1n) is 5.79. The van der Waals surface area contributed by atoms with Gasteiger partial charge in [-0.2, -0.15) is 5.10 Å². The Labute approximate surface area is 135 Å². The van der Waals surface area contributed by atoms with Crippen LogP contribution in [-0.4, -0.2) is 15.7 Å². The van der Waals surface area contributed by atoms with Crippen LogP contribution >= 0.6 is 39.1 Å². The molecular formula is C14H11BrCl2N2O. The normalized spacial score (nSPS) is 11.2. The molecule has 6 heteroatoms. The van der Waals surface area contributed by atoms with E-state index in [0.29, 0.717) is 10.0 Å². The van der Waals surface area contributed by atoms with Gasteiger partial charge < -0.3 is 0 Å². The SMILES string of the molecule is Cc1nn(C(=O)/C=C\c2ccc(Cl)c(Cl)c2)c(C)c1Br. The van der Waals surface area contributed by atoms with Crippen molar-refractivity contribution in [1.82, 2.24) is 9.78 Å². The average Bonchev–Trinajstić information content (AvgIpc) is 2.67. The summed E-state index contributed by atoms with van der Waals surface area (Å²) in [6, 6.07) is 5.17. The smallest absolute Gasteiger partial charge is 0.267 e. The van der Waals surface area contributed by atoms with E-state index in [2.05, 4.69) is 21.0 Å². The van der Waals surface area contributed by atoms with Gasteiger partial charge in [-0.25, -0.2) is 4.68 Å². The second-order valence-electron chi connectivity index (χ2n) is 4.24. The number of benzene rings is 1. The molecule has 1 aromatic carbocycles. The second-order valence-corrected chi connectivity index (χ2v) is 5.85. The minimum Gasteiger partial charge on any atom is -0.267 e. The molecule has 0 aliphatic rings. The first kappa shape index (κ1) is 15.3. The number of carbonyl (C=O) groups excluding carboxylic acids is 1. The molecule has 104 valence electrons. The molecule has 0 amide bonds. The zero-order valence-corrected chi connectivity index (χ0v) is 13.9. The van der Waals surface area contributed by atoms with Gasteiger partial charge in [-0.15, -0.1) is 0 Å². The van der Waals surface area contributed by atoms with E-state index < -0.39 is 0 Å². The molecule has 0 bridgehead atoms. The Morgan fingerprint density at radius 2 is 2.00 bits per heavy atom. The van der Waals surface area contributed by atoms with Gasteiger partial charge in [-0.3, -0.25) is 4.79 Å². The fourth-order valence-electron chi connectivity index (χ4n) is 1.69. The summed E-state index contributed by atoms with van der Waals surface area (Å²) in [4.78, 5) is 12.1. The van der Waals surface area contributed by atoms with Crippen molar-refractivity contribution in [2.45, 2.75) is 13.8 Å². The molecule has 20 heavy (non-hydrogen) atoms. The van der Waals surface area contributed by atoms with Gasteiger partial charge in [-0.1, -0.05) is 29.3 Å². The number of allylic oxidation sites excluding steroid dienone is 1. The summed E-state index contributed by atoms with van der Waals surface area (Å²) in [5.74, 6) is -0.220. The maximum atomic E-state index is 12.1. The minimum atomic E-state index is -0.220. The first-order chi connectivity index (χ1) is 9.40. The molecule has 2 aromatic rings. The number of rotatable bonds is 2. The molecule has 0 atom stereocenters. The van der Waals surface area contributed by atoms with Gasteiger partial charge in [0, 0.05) is 6.08 Å². The summed E-state index contributed by atoms with van der Waals surface area (Å²) < 4.78 is 2.20. The highest BCUT2D eigenvalue weighted by molar-refractivity contribution is 9.10. The predicted molar refractivity (Wildman–Crippen MR) is 85.5 cm³/mol. The zero-order valence-electron chi connectivity index (χ0n) is 10.8. The van der Waals surface area contributed by atoms with E-state index in [9.17, 15) is 4.79 Å². The van der Waals surface area contributed by atoms with E-state index in [1.807, 2.05) is 13.8 Å².